The molecule has 1 N–H and O–H groups in total. The highest BCUT2D eigenvalue weighted by molar-refractivity contribution is 6.10. The van der Waals surface area contributed by atoms with Gasteiger partial charge in [-0.3, -0.25) is 14.6 Å². The largest absolute Gasteiger partial charge is 0.497 e. The van der Waals surface area contributed by atoms with Gasteiger partial charge in [-0.15, -0.1) is 0 Å². The Balaban J connectivity index is 1.69. The lowest BCUT2D eigenvalue weighted by Crippen LogP contribution is -2.27. The molecule has 1 aromatic heterocycles. The maximum atomic E-state index is 13.0. The number of anilines is 2. The van der Waals surface area contributed by atoms with Gasteiger partial charge in [0.2, 0.25) is 0 Å². The lowest BCUT2D eigenvalue weighted by molar-refractivity contribution is 0.0995. The molecule has 2 amide bonds. The fourth-order valence-electron chi connectivity index (χ4n) is 3.42. The lowest BCUT2D eigenvalue weighted by atomic mass is 10.0. The van der Waals surface area contributed by atoms with Gasteiger partial charge in [-0.2, -0.15) is 0 Å². The van der Waals surface area contributed by atoms with E-state index < -0.39 is 6.09 Å². The van der Waals surface area contributed by atoms with Crippen molar-refractivity contribution in [3.63, 3.8) is 0 Å². The lowest BCUT2D eigenvalue weighted by Gasteiger charge is -2.18. The molecule has 27 heavy (non-hydrogen) atoms. The molecule has 1 fully saturated rings. The minimum atomic E-state index is -0.420. The van der Waals surface area contributed by atoms with Gasteiger partial charge in [0.1, 0.15) is 24.0 Å². The maximum absolute atomic E-state index is 13.0. The summed E-state index contributed by atoms with van der Waals surface area (Å²) in [6.07, 6.45) is -0.420. The Kier molecular flexibility index (Phi) is 4.41. The first-order valence-electron chi connectivity index (χ1n) is 8.70. The van der Waals surface area contributed by atoms with Gasteiger partial charge in [0.15, 0.2) is 0 Å². The second kappa shape index (κ2) is 6.88. The van der Waals surface area contributed by atoms with Crippen molar-refractivity contribution in [2.75, 3.05) is 37.1 Å². The zero-order valence-corrected chi connectivity index (χ0v) is 15.2. The van der Waals surface area contributed by atoms with E-state index in [1.807, 2.05) is 13.1 Å². The first-order chi connectivity index (χ1) is 13.1. The fourth-order valence-corrected chi connectivity index (χ4v) is 3.42. The topological polar surface area (TPSA) is 84.0 Å². The summed E-state index contributed by atoms with van der Waals surface area (Å²) in [6.45, 7) is 1.85. The fraction of sp³-hybridized carbons (Fsp3) is 0.316. The summed E-state index contributed by atoms with van der Waals surface area (Å²) >= 11 is 0. The molecule has 0 radical (unpaired) electrons. The highest BCUT2D eigenvalue weighted by atomic mass is 16.6. The predicted octanol–water partition coefficient (Wildman–Crippen LogP) is 1.93. The van der Waals surface area contributed by atoms with Gasteiger partial charge in [0, 0.05) is 12.1 Å². The van der Waals surface area contributed by atoms with Gasteiger partial charge in [-0.1, -0.05) is 6.07 Å². The summed E-state index contributed by atoms with van der Waals surface area (Å²) in [5.74, 6) is 1.50. The first kappa shape index (κ1) is 17.3. The van der Waals surface area contributed by atoms with Crippen LogP contribution in [-0.2, 0) is 17.8 Å². The van der Waals surface area contributed by atoms with Crippen LogP contribution >= 0.6 is 0 Å². The number of ether oxygens (including phenoxy) is 2. The zero-order chi connectivity index (χ0) is 19.0. The summed E-state index contributed by atoms with van der Waals surface area (Å²) in [5, 5.41) is 3.13. The molecule has 8 nitrogen and oxygen atoms in total. The van der Waals surface area contributed by atoms with E-state index >= 15 is 0 Å². The van der Waals surface area contributed by atoms with E-state index in [1.165, 1.54) is 4.90 Å². The van der Waals surface area contributed by atoms with Crippen molar-refractivity contribution >= 4 is 23.6 Å². The van der Waals surface area contributed by atoms with Crippen molar-refractivity contribution in [1.82, 2.24) is 10.3 Å². The number of methoxy groups -OCH3 is 1. The van der Waals surface area contributed by atoms with Gasteiger partial charge in [0.25, 0.3) is 5.91 Å². The Morgan fingerprint density at radius 2 is 2.00 bits per heavy atom. The Labute approximate surface area is 156 Å². The van der Waals surface area contributed by atoms with Crippen molar-refractivity contribution in [2.45, 2.75) is 13.1 Å². The Hall–Kier alpha value is -3.13. The van der Waals surface area contributed by atoms with Crippen LogP contribution < -0.4 is 19.9 Å². The van der Waals surface area contributed by atoms with E-state index in [0.29, 0.717) is 49.2 Å². The van der Waals surface area contributed by atoms with Crippen LogP contribution in [0.5, 0.6) is 5.75 Å². The molecule has 3 heterocycles. The molecule has 8 heteroatoms. The number of aromatic nitrogens is 1. The van der Waals surface area contributed by atoms with Gasteiger partial charge in [-0.25, -0.2) is 9.78 Å². The number of hydrogen-bond acceptors (Lipinski definition) is 6. The number of rotatable bonds is 5. The SMILES string of the molecule is CNCc1cc(OC)cc2c1CN(c1cccc(N3CCOC3=O)n1)C2=O. The Morgan fingerprint density at radius 3 is 2.67 bits per heavy atom. The number of hydrogen-bond donors (Lipinski definition) is 1. The molecule has 0 unspecified atom stereocenters. The van der Waals surface area contributed by atoms with E-state index in [1.54, 1.807) is 36.3 Å². The standard InChI is InChI=1S/C19H20N4O4/c1-20-10-12-8-13(26-2)9-14-15(12)11-23(18(14)24)17-5-3-4-16(21-17)22-6-7-27-19(22)25/h3-5,8-9,20H,6-7,10-11H2,1-2H3. The quantitative estimate of drug-likeness (QED) is 0.868. The molecule has 2 aliphatic heterocycles. The van der Waals surface area contributed by atoms with Crippen LogP contribution in [0.2, 0.25) is 0 Å². The third kappa shape index (κ3) is 2.97. The number of amides is 2. The summed E-state index contributed by atoms with van der Waals surface area (Å²) < 4.78 is 10.3. The minimum Gasteiger partial charge on any atom is -0.497 e. The zero-order valence-electron chi connectivity index (χ0n) is 15.2. The Bertz CT molecular complexity index is 915. The molecule has 140 valence electrons. The third-order valence-corrected chi connectivity index (χ3v) is 4.74. The van der Waals surface area contributed by atoms with Crippen molar-refractivity contribution in [2.24, 2.45) is 0 Å². The normalized spacial score (nSPS) is 15.9. The molecular formula is C19H20N4O4. The molecule has 0 spiro atoms. The van der Waals surface area contributed by atoms with E-state index in [-0.39, 0.29) is 5.91 Å². The number of nitrogens with zero attached hydrogens (tertiary/aromatic N) is 3. The third-order valence-electron chi connectivity index (χ3n) is 4.74. The highest BCUT2D eigenvalue weighted by Gasteiger charge is 2.33. The van der Waals surface area contributed by atoms with Gasteiger partial charge in [-0.05, 0) is 42.4 Å². The summed E-state index contributed by atoms with van der Waals surface area (Å²) in [7, 11) is 3.45. The molecule has 2 aliphatic rings. The van der Waals surface area contributed by atoms with Gasteiger partial charge < -0.3 is 14.8 Å². The average molecular weight is 368 g/mol. The molecular weight excluding hydrogens is 348 g/mol. The number of benzene rings is 1. The number of nitrogens with one attached hydrogen (secondary N) is 1. The van der Waals surface area contributed by atoms with E-state index in [2.05, 4.69) is 10.3 Å². The molecule has 1 aromatic carbocycles. The summed E-state index contributed by atoms with van der Waals surface area (Å²) in [5.41, 5.74) is 2.59. The van der Waals surface area contributed by atoms with Crippen molar-refractivity contribution in [3.05, 3.63) is 47.0 Å². The average Bonchev–Trinajstić information content (AvgIpc) is 3.26. The second-order valence-corrected chi connectivity index (χ2v) is 6.35. The van der Waals surface area contributed by atoms with Crippen LogP contribution in [0.15, 0.2) is 30.3 Å². The smallest absolute Gasteiger partial charge is 0.415 e. The number of pyridine rings is 1. The molecule has 0 aliphatic carbocycles. The van der Waals surface area contributed by atoms with Crippen LogP contribution in [0.25, 0.3) is 0 Å². The molecule has 0 saturated carbocycles. The number of carbonyl (C=O) groups excluding carboxylic acids is 2. The van der Waals surface area contributed by atoms with Crippen molar-refractivity contribution in [1.29, 1.82) is 0 Å². The van der Waals surface area contributed by atoms with Crippen molar-refractivity contribution < 1.29 is 19.1 Å². The van der Waals surface area contributed by atoms with Gasteiger partial charge in [0.05, 0.1) is 20.2 Å². The van der Waals surface area contributed by atoms with Crippen LogP contribution in [0.4, 0.5) is 16.4 Å². The minimum absolute atomic E-state index is 0.130. The van der Waals surface area contributed by atoms with Crippen LogP contribution in [0.1, 0.15) is 21.5 Å². The molecule has 0 bridgehead atoms. The monoisotopic (exact) mass is 368 g/mol. The predicted molar refractivity (Wildman–Crippen MR) is 99.2 cm³/mol. The van der Waals surface area contributed by atoms with Gasteiger partial charge >= 0.3 is 6.09 Å². The molecule has 0 atom stereocenters. The highest BCUT2D eigenvalue weighted by Crippen LogP contribution is 2.33. The summed E-state index contributed by atoms with van der Waals surface area (Å²) in [4.78, 5) is 32.4. The molecule has 2 aromatic rings. The number of cyclic esters (lactones) is 1. The summed E-state index contributed by atoms with van der Waals surface area (Å²) in [6, 6.07) is 8.99. The molecule has 1 saturated heterocycles. The van der Waals surface area contributed by atoms with Crippen molar-refractivity contribution in [3.8, 4) is 5.75 Å². The first-order valence-corrected chi connectivity index (χ1v) is 8.70. The Morgan fingerprint density at radius 1 is 1.22 bits per heavy atom. The van der Waals surface area contributed by atoms with Crippen LogP contribution in [0.3, 0.4) is 0 Å². The van der Waals surface area contributed by atoms with E-state index in [9.17, 15) is 9.59 Å². The van der Waals surface area contributed by atoms with E-state index in [4.69, 9.17) is 9.47 Å². The van der Waals surface area contributed by atoms with Crippen LogP contribution in [0, 0.1) is 0 Å². The maximum Gasteiger partial charge on any atom is 0.415 e. The number of fused-ring (bicyclic) bond motifs is 1. The van der Waals surface area contributed by atoms with Crippen LogP contribution in [-0.4, -0.2) is 44.3 Å². The molecule has 4 rings (SSSR count). The van der Waals surface area contributed by atoms with E-state index in [0.717, 1.165) is 11.1 Å². The number of carbonyl (C=O) groups is 2. The second-order valence-electron chi connectivity index (χ2n) is 6.35.